The number of anilines is 2. The highest BCUT2D eigenvalue weighted by molar-refractivity contribution is 7.18. The van der Waals surface area contributed by atoms with Crippen molar-refractivity contribution in [1.82, 2.24) is 10.3 Å². The fourth-order valence-corrected chi connectivity index (χ4v) is 3.45. The number of thiazole rings is 1. The first kappa shape index (κ1) is 15.1. The zero-order valence-electron chi connectivity index (χ0n) is 12.5. The fourth-order valence-electron chi connectivity index (χ4n) is 2.63. The lowest BCUT2D eigenvalue weighted by molar-refractivity contribution is 0.0924. The Bertz CT molecular complexity index is 478. The standard InChI is InChI=1S/C14H24N4OS/c1-14(7-5-4-6-8-14)9-16-12(19)10-11(15)17-13(20-10)18(2)3/h4-9,15H2,1-3H3,(H,16,19). The third-order valence-corrected chi connectivity index (χ3v) is 5.20. The molecule has 0 unspecified atom stereocenters. The van der Waals surface area contributed by atoms with E-state index in [0.29, 0.717) is 10.7 Å². The van der Waals surface area contributed by atoms with Crippen LogP contribution in [0.5, 0.6) is 0 Å². The summed E-state index contributed by atoms with van der Waals surface area (Å²) in [6.45, 7) is 2.98. The van der Waals surface area contributed by atoms with E-state index >= 15 is 0 Å². The van der Waals surface area contributed by atoms with E-state index in [4.69, 9.17) is 5.73 Å². The molecule has 0 saturated heterocycles. The van der Waals surface area contributed by atoms with E-state index in [-0.39, 0.29) is 11.3 Å². The van der Waals surface area contributed by atoms with Crippen LogP contribution in [0.3, 0.4) is 0 Å². The average molecular weight is 296 g/mol. The monoisotopic (exact) mass is 296 g/mol. The Labute approximate surface area is 124 Å². The number of nitrogens with one attached hydrogen (secondary N) is 1. The van der Waals surface area contributed by atoms with Crippen LogP contribution in [0, 0.1) is 5.41 Å². The molecule has 0 aliphatic heterocycles. The zero-order chi connectivity index (χ0) is 14.8. The number of aromatic nitrogens is 1. The maximum Gasteiger partial charge on any atom is 0.265 e. The van der Waals surface area contributed by atoms with Crippen molar-refractivity contribution in [2.75, 3.05) is 31.3 Å². The van der Waals surface area contributed by atoms with Gasteiger partial charge in [0.25, 0.3) is 5.91 Å². The van der Waals surface area contributed by atoms with Gasteiger partial charge < -0.3 is 16.0 Å². The Morgan fingerprint density at radius 1 is 1.40 bits per heavy atom. The molecule has 1 aromatic rings. The molecule has 5 nitrogen and oxygen atoms in total. The van der Waals surface area contributed by atoms with Crippen LogP contribution in [0.1, 0.15) is 48.7 Å². The van der Waals surface area contributed by atoms with Crippen molar-refractivity contribution in [3.63, 3.8) is 0 Å². The van der Waals surface area contributed by atoms with Gasteiger partial charge in [0.05, 0.1) is 0 Å². The van der Waals surface area contributed by atoms with Gasteiger partial charge >= 0.3 is 0 Å². The number of hydrogen-bond donors (Lipinski definition) is 2. The van der Waals surface area contributed by atoms with Gasteiger partial charge in [0, 0.05) is 20.6 Å². The summed E-state index contributed by atoms with van der Waals surface area (Å²) < 4.78 is 0. The highest BCUT2D eigenvalue weighted by Gasteiger charge is 2.28. The van der Waals surface area contributed by atoms with Crippen LogP contribution in [0.4, 0.5) is 10.9 Å². The van der Waals surface area contributed by atoms with Gasteiger partial charge in [-0.1, -0.05) is 37.5 Å². The number of carbonyl (C=O) groups is 1. The van der Waals surface area contributed by atoms with E-state index in [1.165, 1.54) is 43.4 Å². The first-order chi connectivity index (χ1) is 9.41. The summed E-state index contributed by atoms with van der Waals surface area (Å²) in [5, 5.41) is 3.80. The first-order valence-corrected chi connectivity index (χ1v) is 7.95. The molecular formula is C14H24N4OS. The average Bonchev–Trinajstić information content (AvgIpc) is 2.79. The summed E-state index contributed by atoms with van der Waals surface area (Å²) in [6.07, 6.45) is 6.22. The van der Waals surface area contributed by atoms with Crippen LogP contribution >= 0.6 is 11.3 Å². The van der Waals surface area contributed by atoms with E-state index in [9.17, 15) is 4.79 Å². The highest BCUT2D eigenvalue weighted by Crippen LogP contribution is 2.35. The van der Waals surface area contributed by atoms with Crippen LogP contribution in [-0.4, -0.2) is 31.5 Å². The molecule has 112 valence electrons. The molecule has 3 N–H and O–H groups in total. The molecule has 0 bridgehead atoms. The van der Waals surface area contributed by atoms with Gasteiger partial charge in [-0.15, -0.1) is 0 Å². The van der Waals surface area contributed by atoms with Crippen molar-refractivity contribution in [3.05, 3.63) is 4.88 Å². The second-order valence-corrected chi connectivity index (χ2v) is 7.14. The third kappa shape index (κ3) is 3.42. The largest absolute Gasteiger partial charge is 0.382 e. The number of carbonyl (C=O) groups excluding carboxylic acids is 1. The number of nitrogens with two attached hydrogens (primary N) is 1. The van der Waals surface area contributed by atoms with Crippen molar-refractivity contribution in [1.29, 1.82) is 0 Å². The molecule has 1 heterocycles. The lowest BCUT2D eigenvalue weighted by Crippen LogP contribution is -2.36. The second kappa shape index (κ2) is 5.99. The smallest absolute Gasteiger partial charge is 0.265 e. The van der Waals surface area contributed by atoms with E-state index in [0.717, 1.165) is 11.7 Å². The lowest BCUT2D eigenvalue weighted by Gasteiger charge is -2.33. The molecule has 1 aliphatic rings. The minimum Gasteiger partial charge on any atom is -0.382 e. The van der Waals surface area contributed by atoms with E-state index < -0.39 is 0 Å². The van der Waals surface area contributed by atoms with Gasteiger partial charge in [0.1, 0.15) is 10.7 Å². The molecule has 1 fully saturated rings. The summed E-state index contributed by atoms with van der Waals surface area (Å²) in [7, 11) is 3.78. The molecule has 1 aliphatic carbocycles. The summed E-state index contributed by atoms with van der Waals surface area (Å²) in [5.41, 5.74) is 6.07. The predicted octanol–water partition coefficient (Wildman–Crippen LogP) is 2.49. The number of rotatable bonds is 4. The Morgan fingerprint density at radius 3 is 2.60 bits per heavy atom. The normalized spacial score (nSPS) is 17.8. The van der Waals surface area contributed by atoms with E-state index in [1.54, 1.807) is 0 Å². The molecule has 6 heteroatoms. The number of hydrogen-bond acceptors (Lipinski definition) is 5. The van der Waals surface area contributed by atoms with Crippen molar-refractivity contribution in [2.45, 2.75) is 39.0 Å². The molecular weight excluding hydrogens is 272 g/mol. The van der Waals surface area contributed by atoms with Gasteiger partial charge in [-0.3, -0.25) is 4.79 Å². The second-order valence-electron chi connectivity index (χ2n) is 6.16. The zero-order valence-corrected chi connectivity index (χ0v) is 13.3. The maximum atomic E-state index is 12.2. The quantitative estimate of drug-likeness (QED) is 0.895. The highest BCUT2D eigenvalue weighted by atomic mass is 32.1. The van der Waals surface area contributed by atoms with Crippen molar-refractivity contribution >= 4 is 28.2 Å². The number of nitrogen functional groups attached to an aromatic ring is 1. The van der Waals surface area contributed by atoms with Crippen LogP contribution in [-0.2, 0) is 0 Å². The summed E-state index contributed by atoms with van der Waals surface area (Å²) >= 11 is 1.34. The molecule has 2 rings (SSSR count). The van der Waals surface area contributed by atoms with Crippen molar-refractivity contribution < 1.29 is 4.79 Å². The minimum atomic E-state index is -0.0973. The van der Waals surface area contributed by atoms with Crippen molar-refractivity contribution in [2.24, 2.45) is 5.41 Å². The third-order valence-electron chi connectivity index (χ3n) is 3.97. The Hall–Kier alpha value is -1.30. The first-order valence-electron chi connectivity index (χ1n) is 7.13. The molecule has 0 atom stereocenters. The number of amides is 1. The number of nitrogens with zero attached hydrogens (tertiary/aromatic N) is 2. The molecule has 1 saturated carbocycles. The minimum absolute atomic E-state index is 0.0973. The maximum absolute atomic E-state index is 12.2. The Kier molecular flexibility index (Phi) is 4.52. The molecule has 1 amide bonds. The van der Waals surface area contributed by atoms with Crippen LogP contribution < -0.4 is 16.0 Å². The summed E-state index contributed by atoms with van der Waals surface area (Å²) in [4.78, 5) is 18.8. The predicted molar refractivity (Wildman–Crippen MR) is 84.4 cm³/mol. The van der Waals surface area contributed by atoms with E-state index in [1.807, 2.05) is 19.0 Å². The van der Waals surface area contributed by atoms with Crippen LogP contribution in [0.2, 0.25) is 0 Å². The van der Waals surface area contributed by atoms with Crippen LogP contribution in [0.15, 0.2) is 0 Å². The lowest BCUT2D eigenvalue weighted by atomic mass is 9.76. The van der Waals surface area contributed by atoms with Gasteiger partial charge in [-0.2, -0.15) is 0 Å². The molecule has 20 heavy (non-hydrogen) atoms. The molecule has 1 aromatic heterocycles. The Balaban J connectivity index is 1.98. The van der Waals surface area contributed by atoms with Crippen LogP contribution in [0.25, 0.3) is 0 Å². The fraction of sp³-hybridized carbons (Fsp3) is 0.714. The summed E-state index contributed by atoms with van der Waals surface area (Å²) in [5.74, 6) is 0.227. The van der Waals surface area contributed by atoms with Gasteiger partial charge in [-0.05, 0) is 18.3 Å². The molecule has 0 spiro atoms. The van der Waals surface area contributed by atoms with Crippen molar-refractivity contribution in [3.8, 4) is 0 Å². The topological polar surface area (TPSA) is 71.2 Å². The Morgan fingerprint density at radius 2 is 2.05 bits per heavy atom. The van der Waals surface area contributed by atoms with Gasteiger partial charge in [-0.25, -0.2) is 4.98 Å². The SMILES string of the molecule is CN(C)c1nc(N)c(C(=O)NCC2(C)CCCCC2)s1. The molecule has 0 aromatic carbocycles. The molecule has 0 radical (unpaired) electrons. The van der Waals surface area contributed by atoms with Gasteiger partial charge in [0.15, 0.2) is 5.13 Å². The summed E-state index contributed by atoms with van der Waals surface area (Å²) in [6, 6.07) is 0. The van der Waals surface area contributed by atoms with E-state index in [2.05, 4.69) is 17.2 Å². The van der Waals surface area contributed by atoms with Gasteiger partial charge in [0.2, 0.25) is 0 Å².